The molecule has 19 heavy (non-hydrogen) atoms. The molecule has 0 bridgehead atoms. The molecule has 3 N–H and O–H groups in total. The lowest BCUT2D eigenvalue weighted by Gasteiger charge is -2.07. The van der Waals surface area contributed by atoms with Crippen LogP contribution in [0.15, 0.2) is 27.4 Å². The van der Waals surface area contributed by atoms with Crippen molar-refractivity contribution in [2.75, 3.05) is 0 Å². The number of nitrogens with two attached hydrogens (primary N) is 1. The molecule has 1 unspecified atom stereocenters. The van der Waals surface area contributed by atoms with Crippen LogP contribution in [0.1, 0.15) is 18.9 Å². The SMILES string of the molecule is CC(N)CC(=O)NCc1ccc2c(c1)oc(=O)n2C. The number of amides is 1. The number of nitrogens with zero attached hydrogens (tertiary/aromatic N) is 1. The van der Waals surface area contributed by atoms with E-state index in [4.69, 9.17) is 10.2 Å². The quantitative estimate of drug-likeness (QED) is 0.839. The van der Waals surface area contributed by atoms with E-state index in [0.717, 1.165) is 11.1 Å². The number of aromatic nitrogens is 1. The second-order valence-corrected chi connectivity index (χ2v) is 4.69. The molecule has 1 aromatic heterocycles. The van der Waals surface area contributed by atoms with Gasteiger partial charge in [0, 0.05) is 26.1 Å². The van der Waals surface area contributed by atoms with E-state index in [-0.39, 0.29) is 11.9 Å². The number of aryl methyl sites for hydroxylation is 1. The second kappa shape index (κ2) is 5.27. The van der Waals surface area contributed by atoms with Crippen molar-refractivity contribution >= 4 is 17.0 Å². The van der Waals surface area contributed by atoms with Crippen LogP contribution < -0.4 is 16.8 Å². The number of fused-ring (bicyclic) bond motifs is 1. The standard InChI is InChI=1S/C13H17N3O3/c1-8(14)5-12(17)15-7-9-3-4-10-11(6-9)19-13(18)16(10)2/h3-4,6,8H,5,7,14H2,1-2H3,(H,15,17). The fourth-order valence-corrected chi connectivity index (χ4v) is 1.85. The van der Waals surface area contributed by atoms with Crippen molar-refractivity contribution in [2.24, 2.45) is 12.8 Å². The number of carbonyl (C=O) groups excluding carboxylic acids is 1. The molecular weight excluding hydrogens is 246 g/mol. The lowest BCUT2D eigenvalue weighted by Crippen LogP contribution is -2.29. The van der Waals surface area contributed by atoms with E-state index in [2.05, 4.69) is 5.32 Å². The highest BCUT2D eigenvalue weighted by molar-refractivity contribution is 5.77. The number of carbonyl (C=O) groups is 1. The normalized spacial score (nSPS) is 12.6. The number of rotatable bonds is 4. The molecule has 0 aliphatic carbocycles. The fourth-order valence-electron chi connectivity index (χ4n) is 1.85. The molecule has 6 nitrogen and oxygen atoms in total. The maximum atomic E-state index is 11.5. The minimum atomic E-state index is -0.395. The molecule has 0 radical (unpaired) electrons. The summed E-state index contributed by atoms with van der Waals surface area (Å²) in [6.07, 6.45) is 0.294. The van der Waals surface area contributed by atoms with Crippen molar-refractivity contribution in [1.29, 1.82) is 0 Å². The van der Waals surface area contributed by atoms with E-state index in [1.165, 1.54) is 4.57 Å². The molecule has 0 spiro atoms. The number of hydrogen-bond donors (Lipinski definition) is 2. The lowest BCUT2D eigenvalue weighted by molar-refractivity contribution is -0.121. The Balaban J connectivity index is 2.10. The van der Waals surface area contributed by atoms with Crippen LogP contribution in [0.4, 0.5) is 0 Å². The first kappa shape index (κ1) is 13.4. The summed E-state index contributed by atoms with van der Waals surface area (Å²) in [6.45, 7) is 2.17. The molecule has 2 aromatic rings. The molecule has 1 atom stereocenters. The molecule has 0 aliphatic heterocycles. The molecule has 1 amide bonds. The van der Waals surface area contributed by atoms with Gasteiger partial charge in [-0.1, -0.05) is 6.07 Å². The average Bonchev–Trinajstić information content (AvgIpc) is 2.61. The summed E-state index contributed by atoms with van der Waals surface area (Å²) in [6, 6.07) is 5.24. The largest absolute Gasteiger partial charge is 0.419 e. The van der Waals surface area contributed by atoms with Crippen molar-refractivity contribution in [3.63, 3.8) is 0 Å². The van der Waals surface area contributed by atoms with Gasteiger partial charge in [0.05, 0.1) is 5.52 Å². The predicted molar refractivity (Wildman–Crippen MR) is 71.6 cm³/mol. The number of oxazole rings is 1. The van der Waals surface area contributed by atoms with Gasteiger partial charge in [-0.3, -0.25) is 9.36 Å². The first-order valence-corrected chi connectivity index (χ1v) is 6.08. The van der Waals surface area contributed by atoms with Crippen molar-refractivity contribution in [2.45, 2.75) is 25.9 Å². The van der Waals surface area contributed by atoms with Gasteiger partial charge in [0.15, 0.2) is 5.58 Å². The van der Waals surface area contributed by atoms with Gasteiger partial charge >= 0.3 is 5.76 Å². The Bertz CT molecular complexity index is 655. The van der Waals surface area contributed by atoms with Gasteiger partial charge in [0.2, 0.25) is 5.91 Å². The number of nitrogens with one attached hydrogen (secondary N) is 1. The fraction of sp³-hybridized carbons (Fsp3) is 0.385. The molecule has 0 saturated carbocycles. The van der Waals surface area contributed by atoms with E-state index in [0.29, 0.717) is 18.5 Å². The third kappa shape index (κ3) is 3.03. The molecule has 0 fully saturated rings. The van der Waals surface area contributed by atoms with E-state index in [9.17, 15) is 9.59 Å². The minimum absolute atomic E-state index is 0.0930. The molecule has 0 saturated heterocycles. The molecule has 0 aliphatic rings. The Morgan fingerprint density at radius 1 is 1.53 bits per heavy atom. The second-order valence-electron chi connectivity index (χ2n) is 4.69. The van der Waals surface area contributed by atoms with Gasteiger partial charge in [-0.25, -0.2) is 4.79 Å². The summed E-state index contributed by atoms with van der Waals surface area (Å²) in [5.74, 6) is -0.488. The smallest absolute Gasteiger partial charge is 0.408 e. The van der Waals surface area contributed by atoms with Crippen LogP contribution in [0.25, 0.3) is 11.1 Å². The van der Waals surface area contributed by atoms with Crippen molar-refractivity contribution in [3.8, 4) is 0 Å². The van der Waals surface area contributed by atoms with Crippen LogP contribution in [0.3, 0.4) is 0 Å². The Kier molecular flexibility index (Phi) is 3.71. The third-order valence-corrected chi connectivity index (χ3v) is 2.85. The zero-order valence-electron chi connectivity index (χ0n) is 11.0. The van der Waals surface area contributed by atoms with Gasteiger partial charge in [-0.2, -0.15) is 0 Å². The number of hydrogen-bond acceptors (Lipinski definition) is 4. The summed E-state index contributed by atoms with van der Waals surface area (Å²) >= 11 is 0. The monoisotopic (exact) mass is 263 g/mol. The molecular formula is C13H17N3O3. The van der Waals surface area contributed by atoms with Gasteiger partial charge in [0.1, 0.15) is 0 Å². The molecule has 1 heterocycles. The van der Waals surface area contributed by atoms with E-state index in [1.54, 1.807) is 26.1 Å². The van der Waals surface area contributed by atoms with Crippen LogP contribution in [-0.2, 0) is 18.4 Å². The minimum Gasteiger partial charge on any atom is -0.408 e. The zero-order chi connectivity index (χ0) is 14.0. The lowest BCUT2D eigenvalue weighted by atomic mass is 10.2. The average molecular weight is 263 g/mol. The van der Waals surface area contributed by atoms with Crippen LogP contribution in [-0.4, -0.2) is 16.5 Å². The van der Waals surface area contributed by atoms with Gasteiger partial charge in [-0.05, 0) is 24.6 Å². The molecule has 6 heteroatoms. The molecule has 102 valence electrons. The third-order valence-electron chi connectivity index (χ3n) is 2.85. The van der Waals surface area contributed by atoms with Crippen molar-refractivity contribution in [3.05, 3.63) is 34.3 Å². The predicted octanol–water partition coefficient (Wildman–Crippen LogP) is 0.485. The van der Waals surface area contributed by atoms with Crippen LogP contribution >= 0.6 is 0 Å². The van der Waals surface area contributed by atoms with Crippen molar-refractivity contribution < 1.29 is 9.21 Å². The Hall–Kier alpha value is -2.08. The van der Waals surface area contributed by atoms with Crippen LogP contribution in [0.2, 0.25) is 0 Å². The van der Waals surface area contributed by atoms with Gasteiger partial charge < -0.3 is 15.5 Å². The Labute approximate surface area is 110 Å². The van der Waals surface area contributed by atoms with Crippen LogP contribution in [0.5, 0.6) is 0 Å². The summed E-state index contributed by atoms with van der Waals surface area (Å²) in [5, 5.41) is 2.77. The highest BCUT2D eigenvalue weighted by atomic mass is 16.4. The summed E-state index contributed by atoms with van der Waals surface area (Å²) < 4.78 is 6.52. The maximum Gasteiger partial charge on any atom is 0.419 e. The maximum absolute atomic E-state index is 11.5. The Morgan fingerprint density at radius 2 is 2.26 bits per heavy atom. The molecule has 1 aromatic carbocycles. The first-order valence-electron chi connectivity index (χ1n) is 6.08. The summed E-state index contributed by atoms with van der Waals surface area (Å²) in [7, 11) is 1.65. The summed E-state index contributed by atoms with van der Waals surface area (Å²) in [5.41, 5.74) is 7.67. The number of benzene rings is 1. The van der Waals surface area contributed by atoms with E-state index >= 15 is 0 Å². The molecule has 2 rings (SSSR count). The zero-order valence-corrected chi connectivity index (χ0v) is 11.0. The van der Waals surface area contributed by atoms with Crippen LogP contribution in [0, 0.1) is 0 Å². The van der Waals surface area contributed by atoms with Gasteiger partial charge in [0.25, 0.3) is 0 Å². The van der Waals surface area contributed by atoms with E-state index in [1.807, 2.05) is 6.07 Å². The first-order chi connectivity index (χ1) is 8.97. The Morgan fingerprint density at radius 3 is 2.95 bits per heavy atom. The highest BCUT2D eigenvalue weighted by Gasteiger charge is 2.08. The van der Waals surface area contributed by atoms with Crippen molar-refractivity contribution in [1.82, 2.24) is 9.88 Å². The highest BCUT2D eigenvalue weighted by Crippen LogP contribution is 2.14. The summed E-state index contributed by atoms with van der Waals surface area (Å²) in [4.78, 5) is 22.8. The van der Waals surface area contributed by atoms with E-state index < -0.39 is 5.76 Å². The van der Waals surface area contributed by atoms with Gasteiger partial charge in [-0.15, -0.1) is 0 Å². The topological polar surface area (TPSA) is 90.3 Å².